The van der Waals surface area contributed by atoms with Gasteiger partial charge < -0.3 is 10.0 Å². The first kappa shape index (κ1) is 14.7. The lowest BCUT2D eigenvalue weighted by Crippen LogP contribution is -2.26. The van der Waals surface area contributed by atoms with Crippen LogP contribution in [0.3, 0.4) is 0 Å². The van der Waals surface area contributed by atoms with Crippen molar-refractivity contribution in [1.82, 2.24) is 4.90 Å². The monoisotopic (exact) mass is 265 g/mol. The maximum absolute atomic E-state index is 12.1. The minimum atomic E-state index is -0.156. The zero-order valence-electron chi connectivity index (χ0n) is 11.1. The van der Waals surface area contributed by atoms with E-state index < -0.39 is 0 Å². The molecule has 1 aromatic rings. The molecular formula is C14H19NO2S. The summed E-state index contributed by atoms with van der Waals surface area (Å²) in [4.78, 5) is 15.5. The molecular weight excluding hydrogens is 246 g/mol. The van der Waals surface area contributed by atoms with E-state index >= 15 is 0 Å². The van der Waals surface area contributed by atoms with Crippen LogP contribution in [0.1, 0.15) is 39.9 Å². The van der Waals surface area contributed by atoms with Crippen LogP contribution in [-0.4, -0.2) is 36.1 Å². The average Bonchev–Trinajstić information content (AvgIpc) is 2.73. The van der Waals surface area contributed by atoms with Crippen molar-refractivity contribution in [2.24, 2.45) is 0 Å². The largest absolute Gasteiger partial charge is 0.384 e. The molecule has 0 atom stereocenters. The predicted octanol–water partition coefficient (Wildman–Crippen LogP) is 2.27. The molecule has 1 heterocycles. The van der Waals surface area contributed by atoms with Gasteiger partial charge in [-0.05, 0) is 25.0 Å². The Kier molecular flexibility index (Phi) is 5.90. The molecule has 0 spiro atoms. The van der Waals surface area contributed by atoms with E-state index in [1.165, 1.54) is 11.3 Å². The van der Waals surface area contributed by atoms with Crippen molar-refractivity contribution in [3.63, 3.8) is 0 Å². The number of aliphatic hydroxyl groups excluding tert-OH is 1. The van der Waals surface area contributed by atoms with Gasteiger partial charge in [-0.25, -0.2) is 0 Å². The zero-order valence-corrected chi connectivity index (χ0v) is 11.9. The van der Waals surface area contributed by atoms with Gasteiger partial charge in [0, 0.05) is 13.6 Å². The Balaban J connectivity index is 2.81. The third kappa shape index (κ3) is 3.86. The van der Waals surface area contributed by atoms with E-state index in [2.05, 4.69) is 18.8 Å². The van der Waals surface area contributed by atoms with Crippen molar-refractivity contribution >= 4 is 17.2 Å². The summed E-state index contributed by atoms with van der Waals surface area (Å²) >= 11 is 1.39. The summed E-state index contributed by atoms with van der Waals surface area (Å²) in [6.07, 6.45) is 2.10. The van der Waals surface area contributed by atoms with Crippen LogP contribution in [0.25, 0.3) is 0 Å². The Morgan fingerprint density at radius 1 is 1.56 bits per heavy atom. The van der Waals surface area contributed by atoms with E-state index in [4.69, 9.17) is 5.11 Å². The second-order valence-electron chi connectivity index (χ2n) is 4.16. The molecule has 0 bridgehead atoms. The lowest BCUT2D eigenvalue weighted by atomic mass is 10.2. The number of thiophene rings is 1. The van der Waals surface area contributed by atoms with Crippen molar-refractivity contribution in [3.05, 3.63) is 21.4 Å². The zero-order chi connectivity index (χ0) is 13.5. The van der Waals surface area contributed by atoms with Crippen LogP contribution in [-0.2, 0) is 0 Å². The highest BCUT2D eigenvalue weighted by atomic mass is 32.1. The summed E-state index contributed by atoms with van der Waals surface area (Å²) in [7, 11) is 1.83. The molecule has 98 valence electrons. The van der Waals surface area contributed by atoms with Crippen LogP contribution in [0, 0.1) is 18.8 Å². The normalized spacial score (nSPS) is 9.78. The van der Waals surface area contributed by atoms with Gasteiger partial charge >= 0.3 is 0 Å². The number of nitrogens with zero attached hydrogens (tertiary/aromatic N) is 1. The number of hydrogen-bond donors (Lipinski definition) is 1. The molecule has 0 unspecified atom stereocenters. The Labute approximate surface area is 112 Å². The quantitative estimate of drug-likeness (QED) is 0.848. The Bertz CT molecular complexity index is 468. The number of amides is 1. The summed E-state index contributed by atoms with van der Waals surface area (Å²) in [5.74, 6) is 5.53. The summed E-state index contributed by atoms with van der Waals surface area (Å²) in [5, 5.41) is 8.68. The lowest BCUT2D eigenvalue weighted by Gasteiger charge is -2.15. The van der Waals surface area contributed by atoms with Crippen LogP contribution in [0.15, 0.2) is 6.07 Å². The topological polar surface area (TPSA) is 40.5 Å². The van der Waals surface area contributed by atoms with E-state index in [0.717, 1.165) is 29.8 Å². The number of hydrogen-bond acceptors (Lipinski definition) is 3. The molecule has 1 aromatic heterocycles. The number of aliphatic hydroxyl groups is 1. The fourth-order valence-corrected chi connectivity index (χ4v) is 2.56. The first-order chi connectivity index (χ1) is 8.60. The van der Waals surface area contributed by atoms with Gasteiger partial charge in [0.15, 0.2) is 0 Å². The highest BCUT2D eigenvalue weighted by Gasteiger charge is 2.15. The highest BCUT2D eigenvalue weighted by molar-refractivity contribution is 7.14. The number of carbonyl (C=O) groups excluding carboxylic acids is 1. The van der Waals surface area contributed by atoms with Crippen LogP contribution in [0.4, 0.5) is 0 Å². The molecule has 4 heteroatoms. The Morgan fingerprint density at radius 3 is 2.89 bits per heavy atom. The molecule has 1 N–H and O–H groups in total. The standard InChI is InChI=1S/C14H19NO2S/c1-4-5-8-15(3)14(17)13-10-11(2)12(18-13)7-6-9-16/h10,16H,4-5,8-9H2,1-3H3. The first-order valence-electron chi connectivity index (χ1n) is 6.05. The van der Waals surface area contributed by atoms with Gasteiger partial charge in [-0.1, -0.05) is 25.2 Å². The summed E-state index contributed by atoms with van der Waals surface area (Å²) < 4.78 is 0. The predicted molar refractivity (Wildman–Crippen MR) is 74.9 cm³/mol. The molecule has 0 aliphatic heterocycles. The van der Waals surface area contributed by atoms with E-state index in [0.29, 0.717) is 4.88 Å². The van der Waals surface area contributed by atoms with Gasteiger partial charge in [0.25, 0.3) is 5.91 Å². The fraction of sp³-hybridized carbons (Fsp3) is 0.500. The molecule has 1 rings (SSSR count). The SMILES string of the molecule is CCCCN(C)C(=O)c1cc(C)c(C#CCO)s1. The van der Waals surface area contributed by atoms with Gasteiger partial charge in [0.05, 0.1) is 9.75 Å². The van der Waals surface area contributed by atoms with Crippen LogP contribution in [0.5, 0.6) is 0 Å². The van der Waals surface area contributed by atoms with Gasteiger partial charge in [-0.15, -0.1) is 11.3 Å². The number of unbranched alkanes of at least 4 members (excludes halogenated alkanes) is 1. The number of carbonyl (C=O) groups is 1. The third-order valence-electron chi connectivity index (χ3n) is 2.60. The molecule has 0 aliphatic carbocycles. The van der Waals surface area contributed by atoms with E-state index in [9.17, 15) is 4.79 Å². The van der Waals surface area contributed by atoms with E-state index in [1.807, 2.05) is 20.0 Å². The summed E-state index contributed by atoms with van der Waals surface area (Å²) in [5.41, 5.74) is 0.994. The number of aryl methyl sites for hydroxylation is 1. The Hall–Kier alpha value is -1.31. The van der Waals surface area contributed by atoms with Crippen molar-refractivity contribution in [1.29, 1.82) is 0 Å². The molecule has 0 saturated heterocycles. The minimum Gasteiger partial charge on any atom is -0.384 e. The maximum Gasteiger partial charge on any atom is 0.263 e. The Morgan fingerprint density at radius 2 is 2.28 bits per heavy atom. The van der Waals surface area contributed by atoms with Crippen molar-refractivity contribution in [3.8, 4) is 11.8 Å². The molecule has 18 heavy (non-hydrogen) atoms. The van der Waals surface area contributed by atoms with Crippen molar-refractivity contribution in [2.45, 2.75) is 26.7 Å². The summed E-state index contributed by atoms with van der Waals surface area (Å²) in [6, 6.07) is 1.87. The lowest BCUT2D eigenvalue weighted by molar-refractivity contribution is 0.0798. The first-order valence-corrected chi connectivity index (χ1v) is 6.87. The second-order valence-corrected chi connectivity index (χ2v) is 5.22. The second kappa shape index (κ2) is 7.20. The minimum absolute atomic E-state index is 0.0496. The molecule has 0 fully saturated rings. The highest BCUT2D eigenvalue weighted by Crippen LogP contribution is 2.22. The van der Waals surface area contributed by atoms with Crippen molar-refractivity contribution in [2.75, 3.05) is 20.2 Å². The molecule has 0 saturated carbocycles. The molecule has 0 aromatic carbocycles. The van der Waals surface area contributed by atoms with E-state index in [1.54, 1.807) is 4.90 Å². The van der Waals surface area contributed by atoms with Crippen molar-refractivity contribution < 1.29 is 9.90 Å². The van der Waals surface area contributed by atoms with Crippen LogP contribution < -0.4 is 0 Å². The maximum atomic E-state index is 12.1. The van der Waals surface area contributed by atoms with E-state index in [-0.39, 0.29) is 12.5 Å². The molecule has 0 aliphatic rings. The molecule has 0 radical (unpaired) electrons. The van der Waals surface area contributed by atoms with Crippen LogP contribution >= 0.6 is 11.3 Å². The number of rotatable bonds is 4. The van der Waals surface area contributed by atoms with Gasteiger partial charge in [-0.3, -0.25) is 4.79 Å². The van der Waals surface area contributed by atoms with Crippen LogP contribution in [0.2, 0.25) is 0 Å². The van der Waals surface area contributed by atoms with Gasteiger partial charge in [0.1, 0.15) is 6.61 Å². The average molecular weight is 265 g/mol. The van der Waals surface area contributed by atoms with Gasteiger partial charge in [0.2, 0.25) is 0 Å². The molecule has 3 nitrogen and oxygen atoms in total. The third-order valence-corrected chi connectivity index (χ3v) is 3.74. The molecule has 1 amide bonds. The van der Waals surface area contributed by atoms with Gasteiger partial charge in [-0.2, -0.15) is 0 Å². The summed E-state index contributed by atoms with van der Waals surface area (Å²) in [6.45, 7) is 4.66. The smallest absolute Gasteiger partial charge is 0.263 e. The fourth-order valence-electron chi connectivity index (χ4n) is 1.52.